The molecule has 0 aliphatic carbocycles. The molecule has 0 saturated carbocycles. The molecular formula is C23H24N2O6S. The monoisotopic (exact) mass is 456 g/mol. The van der Waals surface area contributed by atoms with E-state index in [1.807, 2.05) is 31.2 Å². The maximum absolute atomic E-state index is 11.2. The lowest BCUT2D eigenvalue weighted by atomic mass is 10.1. The first kappa shape index (κ1) is 23.3. The van der Waals surface area contributed by atoms with E-state index in [0.29, 0.717) is 47.3 Å². The molecule has 0 aliphatic rings. The molecule has 0 atom stereocenters. The van der Waals surface area contributed by atoms with E-state index in [1.165, 1.54) is 24.9 Å². The number of carbonyl (C=O) groups is 1. The standard InChI is InChI=1S/C23H24N2O6S/c1-15-7-8-18(12-21(15)25(27)28)23-24-20(16(2)31-23)9-10-30-19-6-4-5-17(11-19)13-32-14-22(26)29-3/h4-8,11-12H,9-10,13-14H2,1-3H3. The van der Waals surface area contributed by atoms with Gasteiger partial charge in [-0.25, -0.2) is 4.98 Å². The zero-order valence-electron chi connectivity index (χ0n) is 18.1. The zero-order valence-corrected chi connectivity index (χ0v) is 18.9. The fourth-order valence-corrected chi connectivity index (χ4v) is 3.83. The second-order valence-corrected chi connectivity index (χ2v) is 8.08. The molecule has 0 aliphatic heterocycles. The van der Waals surface area contributed by atoms with Crippen LogP contribution in [0.15, 0.2) is 46.9 Å². The highest BCUT2D eigenvalue weighted by Gasteiger charge is 2.16. The van der Waals surface area contributed by atoms with E-state index in [9.17, 15) is 14.9 Å². The van der Waals surface area contributed by atoms with Crippen molar-refractivity contribution >= 4 is 23.4 Å². The Bertz CT molecular complexity index is 1110. The summed E-state index contributed by atoms with van der Waals surface area (Å²) in [4.78, 5) is 26.5. The van der Waals surface area contributed by atoms with Crippen molar-refractivity contribution in [2.24, 2.45) is 0 Å². The van der Waals surface area contributed by atoms with Crippen molar-refractivity contribution in [1.29, 1.82) is 0 Å². The third-order valence-electron chi connectivity index (χ3n) is 4.77. The number of hydrogen-bond acceptors (Lipinski definition) is 8. The number of rotatable bonds is 10. The van der Waals surface area contributed by atoms with Crippen molar-refractivity contribution in [2.45, 2.75) is 26.0 Å². The van der Waals surface area contributed by atoms with Gasteiger partial charge in [0.15, 0.2) is 0 Å². The summed E-state index contributed by atoms with van der Waals surface area (Å²) in [5.74, 6) is 2.48. The summed E-state index contributed by atoms with van der Waals surface area (Å²) in [7, 11) is 1.38. The predicted molar refractivity (Wildman–Crippen MR) is 122 cm³/mol. The molecule has 0 unspecified atom stereocenters. The van der Waals surface area contributed by atoms with Crippen molar-refractivity contribution in [3.8, 4) is 17.2 Å². The van der Waals surface area contributed by atoms with Gasteiger partial charge in [-0.3, -0.25) is 14.9 Å². The number of esters is 1. The van der Waals surface area contributed by atoms with Gasteiger partial charge in [0.25, 0.3) is 5.69 Å². The third-order valence-corrected chi connectivity index (χ3v) is 5.75. The van der Waals surface area contributed by atoms with Crippen LogP contribution in [0.1, 0.15) is 22.6 Å². The fourth-order valence-electron chi connectivity index (χ4n) is 3.02. The molecule has 32 heavy (non-hydrogen) atoms. The molecule has 0 fully saturated rings. The maximum Gasteiger partial charge on any atom is 0.315 e. The van der Waals surface area contributed by atoms with Crippen molar-refractivity contribution in [1.82, 2.24) is 4.98 Å². The summed E-state index contributed by atoms with van der Waals surface area (Å²) in [5, 5.41) is 11.2. The molecule has 0 bridgehead atoms. The number of thioether (sulfide) groups is 1. The first-order valence-electron chi connectivity index (χ1n) is 9.95. The van der Waals surface area contributed by atoms with Crippen LogP contribution in [0, 0.1) is 24.0 Å². The van der Waals surface area contributed by atoms with Gasteiger partial charge in [0.05, 0.1) is 30.1 Å². The van der Waals surface area contributed by atoms with Gasteiger partial charge in [0, 0.05) is 29.4 Å². The van der Waals surface area contributed by atoms with Crippen LogP contribution in [-0.2, 0) is 21.7 Å². The SMILES string of the molecule is COC(=O)CSCc1cccc(OCCc2nc(-c3ccc(C)c([N+](=O)[O-])c3)oc2C)c1. The summed E-state index contributed by atoms with van der Waals surface area (Å²) in [6.07, 6.45) is 0.532. The van der Waals surface area contributed by atoms with Gasteiger partial charge in [0.1, 0.15) is 11.5 Å². The average Bonchev–Trinajstić information content (AvgIpc) is 3.14. The summed E-state index contributed by atoms with van der Waals surface area (Å²) in [6.45, 7) is 3.91. The van der Waals surface area contributed by atoms with Crippen LogP contribution in [0.4, 0.5) is 5.69 Å². The van der Waals surface area contributed by atoms with Crippen molar-refractivity contribution in [3.63, 3.8) is 0 Å². The maximum atomic E-state index is 11.2. The highest BCUT2D eigenvalue weighted by atomic mass is 32.2. The van der Waals surface area contributed by atoms with E-state index in [1.54, 1.807) is 19.1 Å². The number of hydrogen-bond donors (Lipinski definition) is 0. The number of nitro groups is 1. The summed E-state index contributed by atoms with van der Waals surface area (Å²) in [5.41, 5.74) is 2.98. The Hall–Kier alpha value is -3.33. The van der Waals surface area contributed by atoms with Gasteiger partial charge in [-0.2, -0.15) is 0 Å². The van der Waals surface area contributed by atoms with Gasteiger partial charge in [-0.05, 0) is 37.6 Å². The number of benzene rings is 2. The van der Waals surface area contributed by atoms with E-state index in [0.717, 1.165) is 17.0 Å². The molecule has 0 amide bonds. The molecule has 0 radical (unpaired) electrons. The number of oxazole rings is 1. The number of nitrogens with zero attached hydrogens (tertiary/aromatic N) is 2. The molecule has 3 aromatic rings. The highest BCUT2D eigenvalue weighted by Crippen LogP contribution is 2.28. The highest BCUT2D eigenvalue weighted by molar-refractivity contribution is 7.99. The van der Waals surface area contributed by atoms with Crippen LogP contribution in [-0.4, -0.2) is 35.3 Å². The van der Waals surface area contributed by atoms with Gasteiger partial charge in [-0.15, -0.1) is 11.8 Å². The quantitative estimate of drug-likeness (QED) is 0.241. The van der Waals surface area contributed by atoms with Crippen LogP contribution >= 0.6 is 11.8 Å². The van der Waals surface area contributed by atoms with Gasteiger partial charge in [0.2, 0.25) is 5.89 Å². The largest absolute Gasteiger partial charge is 0.493 e. The van der Waals surface area contributed by atoms with Crippen molar-refractivity contribution in [2.75, 3.05) is 19.5 Å². The Balaban J connectivity index is 1.59. The molecule has 1 heterocycles. The van der Waals surface area contributed by atoms with Gasteiger partial charge in [-0.1, -0.05) is 18.2 Å². The second-order valence-electron chi connectivity index (χ2n) is 7.10. The third kappa shape index (κ3) is 6.10. The summed E-state index contributed by atoms with van der Waals surface area (Å²) >= 11 is 1.48. The Morgan fingerprint density at radius 1 is 1.22 bits per heavy atom. The molecule has 2 aromatic carbocycles. The smallest absolute Gasteiger partial charge is 0.315 e. The second kappa shape index (κ2) is 10.8. The topological polar surface area (TPSA) is 105 Å². The predicted octanol–water partition coefficient (Wildman–Crippen LogP) is 4.89. The molecule has 0 saturated heterocycles. The average molecular weight is 457 g/mol. The molecule has 8 nitrogen and oxygen atoms in total. The van der Waals surface area contributed by atoms with Crippen molar-refractivity contribution < 1.29 is 23.6 Å². The minimum Gasteiger partial charge on any atom is -0.493 e. The van der Waals surface area contributed by atoms with Gasteiger partial charge < -0.3 is 13.9 Å². The summed E-state index contributed by atoms with van der Waals surface area (Å²) < 4.78 is 16.2. The Morgan fingerprint density at radius 2 is 2.03 bits per heavy atom. The molecule has 9 heteroatoms. The lowest BCUT2D eigenvalue weighted by Gasteiger charge is -2.07. The number of aryl methyl sites for hydroxylation is 2. The number of methoxy groups -OCH3 is 1. The van der Waals surface area contributed by atoms with Gasteiger partial charge >= 0.3 is 5.97 Å². The Kier molecular flexibility index (Phi) is 7.88. The van der Waals surface area contributed by atoms with Crippen LogP contribution < -0.4 is 4.74 Å². The van der Waals surface area contributed by atoms with E-state index >= 15 is 0 Å². The molecule has 0 spiro atoms. The number of nitro benzene ring substituents is 1. The van der Waals surface area contributed by atoms with E-state index < -0.39 is 4.92 Å². The number of carbonyl (C=O) groups excluding carboxylic acids is 1. The van der Waals surface area contributed by atoms with E-state index in [4.69, 9.17) is 9.15 Å². The lowest BCUT2D eigenvalue weighted by Crippen LogP contribution is -2.04. The minimum atomic E-state index is -0.411. The zero-order chi connectivity index (χ0) is 23.1. The fraction of sp³-hybridized carbons (Fsp3) is 0.304. The Labute approximate surface area is 190 Å². The van der Waals surface area contributed by atoms with E-state index in [-0.39, 0.29) is 11.7 Å². The Morgan fingerprint density at radius 3 is 2.78 bits per heavy atom. The van der Waals surface area contributed by atoms with Crippen LogP contribution in [0.5, 0.6) is 5.75 Å². The van der Waals surface area contributed by atoms with Crippen LogP contribution in [0.2, 0.25) is 0 Å². The number of ether oxygens (including phenoxy) is 2. The normalized spacial score (nSPS) is 10.7. The first-order chi connectivity index (χ1) is 15.4. The van der Waals surface area contributed by atoms with Crippen molar-refractivity contribution in [3.05, 3.63) is 75.2 Å². The summed E-state index contributed by atoms with van der Waals surface area (Å²) in [6, 6.07) is 12.6. The van der Waals surface area contributed by atoms with Crippen LogP contribution in [0.25, 0.3) is 11.5 Å². The molecule has 0 N–H and O–H groups in total. The van der Waals surface area contributed by atoms with Crippen LogP contribution in [0.3, 0.4) is 0 Å². The lowest BCUT2D eigenvalue weighted by molar-refractivity contribution is -0.385. The molecule has 1 aromatic heterocycles. The minimum absolute atomic E-state index is 0.0351. The molecule has 168 valence electrons. The molecule has 3 rings (SSSR count). The molecular weight excluding hydrogens is 432 g/mol. The number of aromatic nitrogens is 1. The van der Waals surface area contributed by atoms with E-state index in [2.05, 4.69) is 9.72 Å². The first-order valence-corrected chi connectivity index (χ1v) is 11.1.